The van der Waals surface area contributed by atoms with E-state index < -0.39 is 11.5 Å². The maximum absolute atomic E-state index is 13.0. The molecule has 1 amide bonds. The SMILES string of the molecule is Cn1ccc(-c2cc(C(=O)Nc3ccc(OC(F)(F)Cl)cc3)cnc2N2C[C@H]3C[C@@H]2CO3)cc1=O. The Labute approximate surface area is 204 Å². The van der Waals surface area contributed by atoms with Gasteiger partial charge in [-0.2, -0.15) is 0 Å². The normalized spacial score (nSPS) is 19.1. The zero-order valence-corrected chi connectivity index (χ0v) is 19.3. The summed E-state index contributed by atoms with van der Waals surface area (Å²) in [5, 5.41) is 2.71. The fourth-order valence-electron chi connectivity index (χ4n) is 4.34. The molecule has 3 aromatic rings. The molecule has 0 aliphatic carbocycles. The minimum atomic E-state index is -3.83. The number of carbonyl (C=O) groups is 1. The molecule has 4 heterocycles. The van der Waals surface area contributed by atoms with Gasteiger partial charge in [-0.3, -0.25) is 9.59 Å². The molecular weight excluding hydrogens is 482 g/mol. The molecule has 8 nitrogen and oxygen atoms in total. The Hall–Kier alpha value is -3.50. The molecule has 0 spiro atoms. The van der Waals surface area contributed by atoms with Crippen molar-refractivity contribution in [2.45, 2.75) is 24.1 Å². The number of halogens is 3. The second kappa shape index (κ2) is 8.94. The predicted molar refractivity (Wildman–Crippen MR) is 126 cm³/mol. The zero-order chi connectivity index (χ0) is 24.7. The van der Waals surface area contributed by atoms with Gasteiger partial charge in [-0.05, 0) is 48.4 Å². The summed E-state index contributed by atoms with van der Waals surface area (Å²) in [5.74, 6) is 0.0942. The van der Waals surface area contributed by atoms with E-state index in [0.717, 1.165) is 6.42 Å². The number of pyridine rings is 2. The average Bonchev–Trinajstić information content (AvgIpc) is 3.45. The van der Waals surface area contributed by atoms with Gasteiger partial charge in [0.05, 0.1) is 24.3 Å². The first-order chi connectivity index (χ1) is 16.7. The van der Waals surface area contributed by atoms with Gasteiger partial charge in [-0.15, -0.1) is 8.78 Å². The summed E-state index contributed by atoms with van der Waals surface area (Å²) in [7, 11) is 1.66. The molecule has 2 fully saturated rings. The molecular formula is C24H21ClF2N4O4. The van der Waals surface area contributed by atoms with E-state index in [2.05, 4.69) is 19.9 Å². The number of ether oxygens (including phenoxy) is 2. The molecule has 0 radical (unpaired) electrons. The van der Waals surface area contributed by atoms with Crippen LogP contribution in [0.1, 0.15) is 16.8 Å². The van der Waals surface area contributed by atoms with E-state index in [1.807, 2.05) is 0 Å². The lowest BCUT2D eigenvalue weighted by atomic mass is 10.0. The van der Waals surface area contributed by atoms with Crippen LogP contribution in [0.4, 0.5) is 20.3 Å². The van der Waals surface area contributed by atoms with E-state index >= 15 is 0 Å². The Morgan fingerprint density at radius 3 is 2.66 bits per heavy atom. The van der Waals surface area contributed by atoms with Gasteiger partial charge < -0.3 is 24.3 Å². The van der Waals surface area contributed by atoms with Crippen LogP contribution < -0.4 is 20.5 Å². The Balaban J connectivity index is 1.44. The van der Waals surface area contributed by atoms with E-state index in [-0.39, 0.29) is 29.0 Å². The van der Waals surface area contributed by atoms with Crippen LogP contribution in [-0.4, -0.2) is 46.3 Å². The zero-order valence-electron chi connectivity index (χ0n) is 18.6. The maximum Gasteiger partial charge on any atom is 0.487 e. The second-order valence-electron chi connectivity index (χ2n) is 8.48. The number of carbonyl (C=O) groups excluding carboxylic acids is 1. The van der Waals surface area contributed by atoms with Crippen molar-refractivity contribution in [2.24, 2.45) is 7.05 Å². The third-order valence-electron chi connectivity index (χ3n) is 6.06. The summed E-state index contributed by atoms with van der Waals surface area (Å²) < 4.78 is 37.0. The number of alkyl halides is 3. The highest BCUT2D eigenvalue weighted by Gasteiger charge is 2.40. The van der Waals surface area contributed by atoms with Crippen LogP contribution in [0, 0.1) is 0 Å². The van der Waals surface area contributed by atoms with Gasteiger partial charge in [0.15, 0.2) is 0 Å². The number of hydrogen-bond acceptors (Lipinski definition) is 6. The highest BCUT2D eigenvalue weighted by Crippen LogP contribution is 2.37. The highest BCUT2D eigenvalue weighted by atomic mass is 35.5. The van der Waals surface area contributed by atoms with Crippen molar-refractivity contribution >= 4 is 29.0 Å². The van der Waals surface area contributed by atoms with Gasteiger partial charge in [-0.1, -0.05) is 0 Å². The number of nitrogens with one attached hydrogen (secondary N) is 1. The summed E-state index contributed by atoms with van der Waals surface area (Å²) in [6.07, 6.45) is 4.21. The summed E-state index contributed by atoms with van der Waals surface area (Å²) >= 11 is 4.77. The molecule has 1 aromatic carbocycles. The summed E-state index contributed by atoms with van der Waals surface area (Å²) in [4.78, 5) is 32.0. The van der Waals surface area contributed by atoms with Crippen molar-refractivity contribution in [2.75, 3.05) is 23.4 Å². The van der Waals surface area contributed by atoms with E-state index in [1.54, 1.807) is 25.4 Å². The molecule has 2 aromatic heterocycles. The molecule has 2 bridgehead atoms. The number of aromatic nitrogens is 2. The number of fused-ring (bicyclic) bond motifs is 2. The van der Waals surface area contributed by atoms with Crippen LogP contribution in [0.5, 0.6) is 5.75 Å². The van der Waals surface area contributed by atoms with Crippen LogP contribution >= 0.6 is 11.6 Å². The van der Waals surface area contributed by atoms with Crippen LogP contribution in [0.15, 0.2) is 59.7 Å². The monoisotopic (exact) mass is 502 g/mol. The Morgan fingerprint density at radius 2 is 2.03 bits per heavy atom. The number of hydrogen-bond donors (Lipinski definition) is 1. The third-order valence-corrected chi connectivity index (χ3v) is 6.14. The molecule has 0 saturated carbocycles. The molecule has 11 heteroatoms. The quantitative estimate of drug-likeness (QED) is 0.515. The van der Waals surface area contributed by atoms with Crippen LogP contribution in [-0.2, 0) is 11.8 Å². The second-order valence-corrected chi connectivity index (χ2v) is 8.92. The lowest BCUT2D eigenvalue weighted by molar-refractivity contribution is -0.0964. The van der Waals surface area contributed by atoms with Crippen LogP contribution in [0.2, 0.25) is 0 Å². The van der Waals surface area contributed by atoms with Gasteiger partial charge >= 0.3 is 5.57 Å². The van der Waals surface area contributed by atoms with Crippen molar-refractivity contribution in [3.8, 4) is 16.9 Å². The third kappa shape index (κ3) is 4.98. The number of rotatable bonds is 6. The standard InChI is InChI=1S/C24H21ClF2N4O4/c1-30-7-6-14(9-21(30)32)20-8-15(11-28-22(20)31-12-19-10-17(31)13-34-19)23(33)29-16-2-4-18(5-3-16)35-24(25,26)27/h2-9,11,17,19H,10,12-13H2,1H3,(H,29,33)/t17-,19-/m1/s1. The molecule has 35 heavy (non-hydrogen) atoms. The lowest BCUT2D eigenvalue weighted by Crippen LogP contribution is -2.38. The Morgan fingerprint density at radius 1 is 1.26 bits per heavy atom. The van der Waals surface area contributed by atoms with E-state index in [1.165, 1.54) is 41.1 Å². The molecule has 0 unspecified atom stereocenters. The largest absolute Gasteiger partial charge is 0.487 e. The molecule has 182 valence electrons. The van der Waals surface area contributed by atoms with Crippen molar-refractivity contribution in [3.63, 3.8) is 0 Å². The van der Waals surface area contributed by atoms with E-state index in [0.29, 0.717) is 35.8 Å². The van der Waals surface area contributed by atoms with E-state index in [9.17, 15) is 18.4 Å². The fraction of sp³-hybridized carbons (Fsp3) is 0.292. The topological polar surface area (TPSA) is 85.7 Å². The van der Waals surface area contributed by atoms with Crippen molar-refractivity contribution in [1.29, 1.82) is 0 Å². The van der Waals surface area contributed by atoms with Gasteiger partial charge in [-0.25, -0.2) is 4.98 Å². The van der Waals surface area contributed by atoms with Crippen molar-refractivity contribution < 1.29 is 23.0 Å². The number of aryl methyl sites for hydroxylation is 1. The van der Waals surface area contributed by atoms with Crippen LogP contribution in [0.3, 0.4) is 0 Å². The Kier molecular flexibility index (Phi) is 5.94. The van der Waals surface area contributed by atoms with E-state index in [4.69, 9.17) is 16.3 Å². The van der Waals surface area contributed by atoms with Gasteiger partial charge in [0.2, 0.25) is 0 Å². The number of morpholine rings is 1. The van der Waals surface area contributed by atoms with Crippen LogP contribution in [0.25, 0.3) is 11.1 Å². The average molecular weight is 503 g/mol. The lowest BCUT2D eigenvalue weighted by Gasteiger charge is -2.30. The molecule has 1 N–H and O–H groups in total. The number of anilines is 2. The Bertz CT molecular complexity index is 1330. The minimum Gasteiger partial charge on any atom is -0.420 e. The minimum absolute atomic E-state index is 0.145. The summed E-state index contributed by atoms with van der Waals surface area (Å²) in [5.41, 5.74) is -2.05. The molecule has 2 aliphatic heterocycles. The number of nitrogens with zero attached hydrogens (tertiary/aromatic N) is 3. The number of amides is 1. The van der Waals surface area contributed by atoms with Gasteiger partial charge in [0.25, 0.3) is 11.5 Å². The smallest absolute Gasteiger partial charge is 0.420 e. The number of benzene rings is 1. The van der Waals surface area contributed by atoms with Crippen molar-refractivity contribution in [1.82, 2.24) is 9.55 Å². The summed E-state index contributed by atoms with van der Waals surface area (Å²) in [6.45, 7) is 1.30. The molecule has 5 rings (SSSR count). The maximum atomic E-state index is 13.0. The van der Waals surface area contributed by atoms with Crippen molar-refractivity contribution in [3.05, 3.63) is 70.8 Å². The first-order valence-corrected chi connectivity index (χ1v) is 11.3. The van der Waals surface area contributed by atoms with Gasteiger partial charge in [0.1, 0.15) is 11.6 Å². The molecule has 2 atom stereocenters. The molecule has 2 aliphatic rings. The fourth-order valence-corrected chi connectivity index (χ4v) is 4.43. The first kappa shape index (κ1) is 23.3. The summed E-state index contributed by atoms with van der Waals surface area (Å²) in [6, 6.07) is 10.6. The highest BCUT2D eigenvalue weighted by molar-refractivity contribution is 6.20. The first-order valence-electron chi connectivity index (χ1n) is 10.9. The predicted octanol–water partition coefficient (Wildman–Crippen LogP) is 3.85. The molecule has 2 saturated heterocycles. The van der Waals surface area contributed by atoms with Gasteiger partial charge in [0, 0.05) is 54.9 Å².